The van der Waals surface area contributed by atoms with E-state index < -0.39 is 0 Å². The van der Waals surface area contributed by atoms with Gasteiger partial charge in [0.25, 0.3) is 0 Å². The third kappa shape index (κ3) is 6.79. The third-order valence-corrected chi connectivity index (χ3v) is 7.23. The third-order valence-electron chi connectivity index (χ3n) is 5.69. The zero-order valence-electron chi connectivity index (χ0n) is 18.8. The Morgan fingerprint density at radius 2 is 1.17 bits per heavy atom. The van der Waals surface area contributed by atoms with E-state index in [4.69, 9.17) is 0 Å². The summed E-state index contributed by atoms with van der Waals surface area (Å²) in [6, 6.07) is 16.1. The molecular formula is C25H29Cl3SiTi. The van der Waals surface area contributed by atoms with Gasteiger partial charge in [-0.3, -0.25) is 0 Å². The first-order valence-electron chi connectivity index (χ1n) is 9.42. The first-order valence-corrected chi connectivity index (χ1v) is 10.5. The minimum atomic E-state index is 0. The van der Waals surface area contributed by atoms with Gasteiger partial charge in [-0.1, -0.05) is 97.6 Å². The van der Waals surface area contributed by atoms with E-state index in [1.165, 1.54) is 49.7 Å². The molecule has 0 spiro atoms. The van der Waals surface area contributed by atoms with Crippen molar-refractivity contribution in [3.63, 3.8) is 0 Å². The topological polar surface area (TPSA) is 0 Å². The fourth-order valence-corrected chi connectivity index (χ4v) is 5.96. The molecule has 0 aliphatic rings. The number of rotatable bonds is 4. The minimum Gasteiger partial charge on any atom is -1.00 e. The Morgan fingerprint density at radius 1 is 0.667 bits per heavy atom. The number of hydrogen-bond acceptors (Lipinski definition) is 0. The predicted octanol–water partition coefficient (Wildman–Crippen LogP) is -3.31. The average Bonchev–Trinajstić information content (AvgIpc) is 2.76. The van der Waals surface area contributed by atoms with Crippen LogP contribution in [0, 0.1) is 48.5 Å². The molecule has 0 aliphatic heterocycles. The fourth-order valence-electron chi connectivity index (χ4n) is 4.08. The number of hydrogen-bond donors (Lipinski definition) is 0. The van der Waals surface area contributed by atoms with Gasteiger partial charge in [0.1, 0.15) is 0 Å². The van der Waals surface area contributed by atoms with Crippen molar-refractivity contribution in [3.05, 3.63) is 92.5 Å². The van der Waals surface area contributed by atoms with Crippen LogP contribution in [0.3, 0.4) is 0 Å². The van der Waals surface area contributed by atoms with Crippen LogP contribution in [0.1, 0.15) is 55.6 Å². The van der Waals surface area contributed by atoms with E-state index in [1.54, 1.807) is 5.56 Å². The Morgan fingerprint density at radius 3 is 1.63 bits per heavy atom. The van der Waals surface area contributed by atoms with Gasteiger partial charge in [-0.2, -0.15) is 22.3 Å². The number of aryl methyl sites for hydroxylation is 3. The number of halogens is 3. The molecule has 0 saturated heterocycles. The Balaban J connectivity index is 0. The van der Waals surface area contributed by atoms with E-state index in [1.807, 2.05) is 0 Å². The van der Waals surface area contributed by atoms with Crippen molar-refractivity contribution in [3.8, 4) is 0 Å². The van der Waals surface area contributed by atoms with Crippen LogP contribution in [0.4, 0.5) is 0 Å². The normalized spacial score (nSPS) is 10.8. The molecule has 0 aromatic heterocycles. The van der Waals surface area contributed by atoms with Crippen molar-refractivity contribution in [1.29, 1.82) is 0 Å². The van der Waals surface area contributed by atoms with E-state index in [2.05, 4.69) is 90.9 Å². The molecule has 0 bridgehead atoms. The quantitative estimate of drug-likeness (QED) is 0.254. The summed E-state index contributed by atoms with van der Waals surface area (Å²) >= 11 is 0. The van der Waals surface area contributed by atoms with Crippen LogP contribution in [0.5, 0.6) is 0 Å². The van der Waals surface area contributed by atoms with Gasteiger partial charge in [0, 0.05) is 0 Å². The fraction of sp³-hybridized carbons (Fsp3) is 0.320. The maximum Gasteiger partial charge on any atom is 4.00 e. The number of benzene rings is 2. The Bertz CT molecular complexity index is 918. The summed E-state index contributed by atoms with van der Waals surface area (Å²) in [5, 5.41) is 1.46. The van der Waals surface area contributed by atoms with Gasteiger partial charge in [0.15, 0.2) is 0 Å². The van der Waals surface area contributed by atoms with Crippen LogP contribution >= 0.6 is 0 Å². The smallest absolute Gasteiger partial charge is 1.00 e. The monoisotopic (exact) mass is 510 g/mol. The minimum absolute atomic E-state index is 0. The zero-order chi connectivity index (χ0) is 19.0. The van der Waals surface area contributed by atoms with Gasteiger partial charge in [-0.15, -0.1) is 5.56 Å². The van der Waals surface area contributed by atoms with Crippen molar-refractivity contribution in [1.82, 2.24) is 0 Å². The van der Waals surface area contributed by atoms with Gasteiger partial charge in [-0.25, -0.2) is 0 Å². The van der Waals surface area contributed by atoms with Crippen LogP contribution in [-0.4, -0.2) is 9.52 Å². The Hall–Kier alpha value is -0.409. The molecule has 1 atom stereocenters. The summed E-state index contributed by atoms with van der Waals surface area (Å²) in [5.74, 6) is 0. The molecule has 0 amide bonds. The largest absolute Gasteiger partial charge is 4.00 e. The van der Waals surface area contributed by atoms with E-state index >= 15 is 0 Å². The van der Waals surface area contributed by atoms with Crippen LogP contribution < -0.4 is 42.4 Å². The zero-order valence-corrected chi connectivity index (χ0v) is 23.6. The molecule has 3 rings (SSSR count). The second kappa shape index (κ2) is 13.2. The van der Waals surface area contributed by atoms with E-state index in [0.29, 0.717) is 5.54 Å². The van der Waals surface area contributed by atoms with Gasteiger partial charge in [0.2, 0.25) is 0 Å². The first-order chi connectivity index (χ1) is 12.3. The molecule has 2 radical (unpaired) electrons. The van der Waals surface area contributed by atoms with Crippen LogP contribution in [-0.2, 0) is 21.7 Å². The SMILES string of the molecule is Cc1cc(C)cc([Si]C(c2cccc(C)c2)[c-]2c(C)c(C)c(C)c2C)c1.[Cl-].[Cl-].[Cl-].[Ti+4]. The molecule has 5 heteroatoms. The van der Waals surface area contributed by atoms with Crippen molar-refractivity contribution in [2.45, 2.75) is 54.0 Å². The van der Waals surface area contributed by atoms with Gasteiger partial charge in [-0.05, 0) is 26.3 Å². The Labute approximate surface area is 218 Å². The van der Waals surface area contributed by atoms with Crippen LogP contribution in [0.2, 0.25) is 0 Å². The van der Waals surface area contributed by atoms with Gasteiger partial charge < -0.3 is 37.2 Å². The maximum atomic E-state index is 2.37. The van der Waals surface area contributed by atoms with Gasteiger partial charge >= 0.3 is 21.7 Å². The molecular weight excluding hydrogens is 483 g/mol. The first kappa shape index (κ1) is 31.8. The van der Waals surface area contributed by atoms with E-state index in [9.17, 15) is 0 Å². The molecule has 0 saturated carbocycles. The molecule has 0 nitrogen and oxygen atoms in total. The van der Waals surface area contributed by atoms with Gasteiger partial charge in [0.05, 0.1) is 9.52 Å². The second-order valence-electron chi connectivity index (χ2n) is 7.78. The summed E-state index contributed by atoms with van der Waals surface area (Å²) in [4.78, 5) is 0. The summed E-state index contributed by atoms with van der Waals surface area (Å²) < 4.78 is 0. The summed E-state index contributed by atoms with van der Waals surface area (Å²) in [6.45, 7) is 15.8. The van der Waals surface area contributed by atoms with Crippen molar-refractivity contribution in [2.24, 2.45) is 0 Å². The van der Waals surface area contributed by atoms with Crippen molar-refractivity contribution < 1.29 is 58.9 Å². The molecule has 0 N–H and O–H groups in total. The Kier molecular flexibility index (Phi) is 14.0. The second-order valence-corrected chi connectivity index (χ2v) is 9.22. The molecule has 158 valence electrons. The molecule has 3 aromatic rings. The molecule has 30 heavy (non-hydrogen) atoms. The van der Waals surface area contributed by atoms with Crippen LogP contribution in [0.15, 0.2) is 42.5 Å². The maximum absolute atomic E-state index is 2.37. The molecule has 0 heterocycles. The molecule has 0 aliphatic carbocycles. The molecule has 3 aromatic carbocycles. The molecule has 0 fully saturated rings. The van der Waals surface area contributed by atoms with Crippen molar-refractivity contribution in [2.75, 3.05) is 0 Å². The predicted molar refractivity (Wildman–Crippen MR) is 115 cm³/mol. The molecule has 1 unspecified atom stereocenters. The summed E-state index contributed by atoms with van der Waals surface area (Å²) in [6.07, 6.45) is 0. The van der Waals surface area contributed by atoms with Crippen molar-refractivity contribution >= 4 is 14.7 Å². The summed E-state index contributed by atoms with van der Waals surface area (Å²) in [5.41, 5.74) is 13.4. The summed E-state index contributed by atoms with van der Waals surface area (Å²) in [7, 11) is 0.742. The average molecular weight is 512 g/mol. The van der Waals surface area contributed by atoms with E-state index in [-0.39, 0.29) is 58.9 Å². The van der Waals surface area contributed by atoms with E-state index in [0.717, 1.165) is 9.52 Å². The van der Waals surface area contributed by atoms with Crippen LogP contribution in [0.25, 0.3) is 0 Å². The standard InChI is InChI=1S/C25H29Si.3ClH.Ti/c1-15-9-8-10-22(12-15)25(24-20(6)18(4)19(5)21(24)7)26-23-13-16(2)11-17(3)14-23;;;;/h8-14,25H,1-7H3;3*1H;/q-1;;;;+4/p-3.